The van der Waals surface area contributed by atoms with E-state index in [2.05, 4.69) is 57.4 Å². The fourth-order valence-electron chi connectivity index (χ4n) is 3.21. The topological polar surface area (TPSA) is 116 Å². The van der Waals surface area contributed by atoms with E-state index in [0.717, 1.165) is 31.2 Å². The molecule has 0 fully saturated rings. The van der Waals surface area contributed by atoms with Crippen LogP contribution >= 0.6 is 31.9 Å². The maximum Gasteiger partial charge on any atom is 0.263 e. The van der Waals surface area contributed by atoms with E-state index in [4.69, 9.17) is 9.47 Å². The van der Waals surface area contributed by atoms with Gasteiger partial charge in [0.1, 0.15) is 11.5 Å². The average molecular weight is 582 g/mol. The van der Waals surface area contributed by atoms with Crippen LogP contribution in [0, 0.1) is 27.7 Å². The standard InChI is InChI=1S/C22H22Br2N4O5/c1-11-5-15(23)6-12(2)19(11)31-9-17(29)25-21-22(28-33-27-21)26-18(30)10-32-20-13(3)7-16(24)8-14(20)4/h5-8H,9-10H2,1-4H3,(H,25,27,29)(H,26,28,30). The molecule has 0 saturated heterocycles. The Morgan fingerprint density at radius 3 is 1.42 bits per heavy atom. The van der Waals surface area contributed by atoms with Crippen LogP contribution in [0.25, 0.3) is 0 Å². The van der Waals surface area contributed by atoms with Crippen LogP contribution in [0.3, 0.4) is 0 Å². The van der Waals surface area contributed by atoms with E-state index < -0.39 is 11.8 Å². The molecule has 0 aliphatic heterocycles. The van der Waals surface area contributed by atoms with Gasteiger partial charge in [0.05, 0.1) is 0 Å². The third kappa shape index (κ3) is 6.55. The van der Waals surface area contributed by atoms with E-state index in [0.29, 0.717) is 11.5 Å². The molecule has 1 heterocycles. The maximum absolute atomic E-state index is 12.3. The van der Waals surface area contributed by atoms with Crippen LogP contribution in [-0.4, -0.2) is 35.3 Å². The van der Waals surface area contributed by atoms with E-state index in [1.807, 2.05) is 52.0 Å². The highest BCUT2D eigenvalue weighted by molar-refractivity contribution is 9.10. The molecule has 0 radical (unpaired) electrons. The van der Waals surface area contributed by atoms with Gasteiger partial charge >= 0.3 is 0 Å². The summed E-state index contributed by atoms with van der Waals surface area (Å²) in [6.45, 7) is 7.04. The van der Waals surface area contributed by atoms with Crippen molar-refractivity contribution in [3.63, 3.8) is 0 Å². The van der Waals surface area contributed by atoms with Gasteiger partial charge in [0, 0.05) is 8.95 Å². The van der Waals surface area contributed by atoms with Gasteiger partial charge in [-0.25, -0.2) is 4.63 Å². The highest BCUT2D eigenvalue weighted by Gasteiger charge is 2.18. The number of carbonyl (C=O) groups excluding carboxylic acids is 2. The second-order valence-corrected chi connectivity index (χ2v) is 9.20. The number of rotatable bonds is 8. The first-order valence-corrected chi connectivity index (χ1v) is 11.4. The van der Waals surface area contributed by atoms with Crippen molar-refractivity contribution in [1.82, 2.24) is 10.3 Å². The summed E-state index contributed by atoms with van der Waals surface area (Å²) in [4.78, 5) is 24.7. The number of ether oxygens (including phenoxy) is 2. The minimum Gasteiger partial charge on any atom is -0.483 e. The van der Waals surface area contributed by atoms with Gasteiger partial charge in [-0.1, -0.05) is 31.9 Å². The maximum atomic E-state index is 12.3. The first kappa shape index (κ1) is 24.7. The normalized spacial score (nSPS) is 10.6. The van der Waals surface area contributed by atoms with Gasteiger partial charge in [-0.05, 0) is 84.5 Å². The summed E-state index contributed by atoms with van der Waals surface area (Å²) < 4.78 is 17.8. The molecular weight excluding hydrogens is 560 g/mol. The van der Waals surface area contributed by atoms with Gasteiger partial charge in [-0.2, -0.15) is 0 Å². The minimum absolute atomic E-state index is 0.0304. The van der Waals surface area contributed by atoms with Crippen molar-refractivity contribution in [2.24, 2.45) is 0 Å². The van der Waals surface area contributed by atoms with Gasteiger partial charge < -0.3 is 20.1 Å². The Bertz CT molecular complexity index is 1060. The van der Waals surface area contributed by atoms with E-state index in [1.165, 1.54) is 0 Å². The molecule has 174 valence electrons. The quantitative estimate of drug-likeness (QED) is 0.390. The summed E-state index contributed by atoms with van der Waals surface area (Å²) in [7, 11) is 0. The smallest absolute Gasteiger partial charge is 0.263 e. The summed E-state index contributed by atoms with van der Waals surface area (Å²) in [5, 5.41) is 12.3. The summed E-state index contributed by atoms with van der Waals surface area (Å²) in [6, 6.07) is 7.59. The van der Waals surface area contributed by atoms with Crippen molar-refractivity contribution in [2.45, 2.75) is 27.7 Å². The predicted octanol–water partition coefficient (Wildman–Crippen LogP) is 4.86. The number of benzene rings is 2. The summed E-state index contributed by atoms with van der Waals surface area (Å²) >= 11 is 6.85. The van der Waals surface area contributed by atoms with Crippen molar-refractivity contribution in [3.05, 3.63) is 55.5 Å². The van der Waals surface area contributed by atoms with E-state index in [1.54, 1.807) is 0 Å². The SMILES string of the molecule is Cc1cc(Br)cc(C)c1OCC(=O)Nc1nonc1NC(=O)COc1c(C)cc(Br)cc1C. The van der Waals surface area contributed by atoms with Crippen molar-refractivity contribution < 1.29 is 23.7 Å². The average Bonchev–Trinajstić information content (AvgIpc) is 3.12. The van der Waals surface area contributed by atoms with Crippen molar-refractivity contribution in [3.8, 4) is 11.5 Å². The number of nitrogens with zero attached hydrogens (tertiary/aromatic N) is 2. The third-order valence-electron chi connectivity index (χ3n) is 4.55. The Morgan fingerprint density at radius 2 is 1.09 bits per heavy atom. The molecule has 11 heteroatoms. The molecule has 0 aliphatic rings. The first-order chi connectivity index (χ1) is 15.6. The molecule has 0 atom stereocenters. The Hall–Kier alpha value is -2.92. The van der Waals surface area contributed by atoms with Gasteiger partial charge in [-0.3, -0.25) is 9.59 Å². The lowest BCUT2D eigenvalue weighted by Gasteiger charge is -2.13. The lowest BCUT2D eigenvalue weighted by Crippen LogP contribution is -2.24. The first-order valence-electron chi connectivity index (χ1n) is 9.85. The van der Waals surface area contributed by atoms with Crippen LogP contribution in [-0.2, 0) is 9.59 Å². The van der Waals surface area contributed by atoms with Gasteiger partial charge in [0.25, 0.3) is 11.8 Å². The monoisotopic (exact) mass is 580 g/mol. The second-order valence-electron chi connectivity index (χ2n) is 7.37. The Kier molecular flexibility index (Phi) is 8.09. The zero-order chi connectivity index (χ0) is 24.1. The number of aryl methyl sites for hydroxylation is 4. The summed E-state index contributed by atoms with van der Waals surface area (Å²) in [5.41, 5.74) is 3.56. The number of halogens is 2. The van der Waals surface area contributed by atoms with Gasteiger partial charge in [0.15, 0.2) is 13.2 Å². The molecule has 0 saturated carbocycles. The highest BCUT2D eigenvalue weighted by atomic mass is 79.9. The zero-order valence-corrected chi connectivity index (χ0v) is 21.6. The van der Waals surface area contributed by atoms with Crippen molar-refractivity contribution >= 4 is 55.3 Å². The fourth-order valence-corrected chi connectivity index (χ4v) is 4.59. The summed E-state index contributed by atoms with van der Waals surface area (Å²) in [5.74, 6) is 0.210. The molecule has 2 aromatic carbocycles. The number of amides is 2. The molecular formula is C22H22Br2N4O5. The molecule has 3 rings (SSSR count). The molecule has 2 N–H and O–H groups in total. The molecule has 3 aromatic rings. The lowest BCUT2D eigenvalue weighted by atomic mass is 10.1. The molecule has 33 heavy (non-hydrogen) atoms. The molecule has 1 aromatic heterocycles. The number of anilines is 2. The van der Waals surface area contributed by atoms with Gasteiger partial charge in [-0.15, -0.1) is 0 Å². The Morgan fingerprint density at radius 1 is 0.758 bits per heavy atom. The lowest BCUT2D eigenvalue weighted by molar-refractivity contribution is -0.119. The van der Waals surface area contributed by atoms with Gasteiger partial charge in [0.2, 0.25) is 11.6 Å². The molecule has 0 spiro atoms. The number of carbonyl (C=O) groups is 2. The number of nitrogens with one attached hydrogen (secondary N) is 2. The van der Waals surface area contributed by atoms with Crippen molar-refractivity contribution in [2.75, 3.05) is 23.8 Å². The van der Waals surface area contributed by atoms with Crippen LogP contribution in [0.1, 0.15) is 22.3 Å². The molecule has 0 bridgehead atoms. The summed E-state index contributed by atoms with van der Waals surface area (Å²) in [6.07, 6.45) is 0. The van der Waals surface area contributed by atoms with E-state index in [9.17, 15) is 9.59 Å². The van der Waals surface area contributed by atoms with E-state index >= 15 is 0 Å². The number of hydrogen-bond acceptors (Lipinski definition) is 7. The fraction of sp³-hybridized carbons (Fsp3) is 0.273. The van der Waals surface area contributed by atoms with Crippen LogP contribution in [0.5, 0.6) is 11.5 Å². The number of aromatic nitrogens is 2. The zero-order valence-electron chi connectivity index (χ0n) is 18.4. The highest BCUT2D eigenvalue weighted by Crippen LogP contribution is 2.28. The molecule has 0 aliphatic carbocycles. The van der Waals surface area contributed by atoms with Crippen LogP contribution < -0.4 is 20.1 Å². The second kappa shape index (κ2) is 10.8. The Balaban J connectivity index is 1.55. The molecule has 9 nitrogen and oxygen atoms in total. The molecule has 2 amide bonds. The Labute approximate surface area is 207 Å². The van der Waals surface area contributed by atoms with Crippen molar-refractivity contribution in [1.29, 1.82) is 0 Å². The number of hydrogen-bond donors (Lipinski definition) is 2. The van der Waals surface area contributed by atoms with E-state index in [-0.39, 0.29) is 24.8 Å². The van der Waals surface area contributed by atoms with Crippen LogP contribution in [0.15, 0.2) is 37.8 Å². The largest absolute Gasteiger partial charge is 0.483 e. The predicted molar refractivity (Wildman–Crippen MR) is 130 cm³/mol. The van der Waals surface area contributed by atoms with Crippen LogP contribution in [0.2, 0.25) is 0 Å². The molecule has 0 unspecified atom stereocenters. The van der Waals surface area contributed by atoms with Crippen LogP contribution in [0.4, 0.5) is 11.6 Å². The minimum atomic E-state index is -0.486. The third-order valence-corrected chi connectivity index (χ3v) is 5.47.